The van der Waals surface area contributed by atoms with Gasteiger partial charge in [0.2, 0.25) is 10.0 Å². The summed E-state index contributed by atoms with van der Waals surface area (Å²) in [6.07, 6.45) is 1.62. The molecule has 0 radical (unpaired) electrons. The first-order valence-corrected chi connectivity index (χ1v) is 14.0. The molecule has 2 atom stereocenters. The molecule has 2 aromatic rings. The van der Waals surface area contributed by atoms with Crippen LogP contribution >= 0.6 is 11.6 Å². The average Bonchev–Trinajstić information content (AvgIpc) is 2.99. The van der Waals surface area contributed by atoms with E-state index < -0.39 is 31.3 Å². The van der Waals surface area contributed by atoms with Crippen molar-refractivity contribution in [2.24, 2.45) is 0 Å². The number of hydrogen-bond donors (Lipinski definition) is 2. The van der Waals surface area contributed by atoms with E-state index in [1.54, 1.807) is 13.8 Å². The summed E-state index contributed by atoms with van der Waals surface area (Å²) in [6.45, 7) is 3.44. The third-order valence-electron chi connectivity index (χ3n) is 5.48. The molecule has 1 amide bonds. The van der Waals surface area contributed by atoms with E-state index in [-0.39, 0.29) is 39.4 Å². The van der Waals surface area contributed by atoms with Crippen LogP contribution in [-0.2, 0) is 26.3 Å². The fourth-order valence-electron chi connectivity index (χ4n) is 3.72. The minimum atomic E-state index is -3.88. The minimum absolute atomic E-state index is 0.00325. The molecule has 0 aromatic heterocycles. The van der Waals surface area contributed by atoms with Crippen LogP contribution in [0.2, 0.25) is 5.02 Å². The van der Waals surface area contributed by atoms with Crippen molar-refractivity contribution in [3.8, 4) is 0 Å². The van der Waals surface area contributed by atoms with Crippen LogP contribution in [0.1, 0.15) is 42.6 Å². The normalized spacial score (nSPS) is 21.2. The van der Waals surface area contributed by atoms with Gasteiger partial charge in [0.25, 0.3) is 5.91 Å². The lowest BCUT2D eigenvalue weighted by Gasteiger charge is -2.24. The van der Waals surface area contributed by atoms with Crippen LogP contribution in [0.25, 0.3) is 0 Å². The molecule has 7 nitrogen and oxygen atoms in total. The quantitative estimate of drug-likeness (QED) is 0.581. The van der Waals surface area contributed by atoms with Gasteiger partial charge in [-0.25, -0.2) is 21.6 Å². The second-order valence-electron chi connectivity index (χ2n) is 8.55. The zero-order valence-electron chi connectivity index (χ0n) is 18.0. The summed E-state index contributed by atoms with van der Waals surface area (Å²) in [5.41, 5.74) is 0.182. The van der Waals surface area contributed by atoms with Crippen molar-refractivity contribution in [3.63, 3.8) is 0 Å². The van der Waals surface area contributed by atoms with Gasteiger partial charge in [-0.2, -0.15) is 0 Å². The van der Waals surface area contributed by atoms with Gasteiger partial charge in [0, 0.05) is 6.04 Å². The average molecular weight is 499 g/mol. The molecule has 10 heteroatoms. The van der Waals surface area contributed by atoms with E-state index >= 15 is 0 Å². The monoisotopic (exact) mass is 498 g/mol. The van der Waals surface area contributed by atoms with Crippen LogP contribution in [0.3, 0.4) is 0 Å². The molecule has 1 aliphatic heterocycles. The van der Waals surface area contributed by atoms with Crippen molar-refractivity contribution in [1.29, 1.82) is 0 Å². The molecule has 1 heterocycles. The number of carbonyl (C=O) groups is 1. The molecule has 1 aliphatic rings. The molecule has 2 aromatic carbocycles. The van der Waals surface area contributed by atoms with Gasteiger partial charge in [0.05, 0.1) is 32.5 Å². The van der Waals surface area contributed by atoms with Crippen LogP contribution in [0.4, 0.5) is 0 Å². The highest BCUT2D eigenvalue weighted by Crippen LogP contribution is 2.26. The first kappa shape index (κ1) is 24.7. The number of nitrogens with one attached hydrogen (secondary N) is 2. The van der Waals surface area contributed by atoms with Crippen molar-refractivity contribution >= 4 is 37.4 Å². The lowest BCUT2D eigenvalue weighted by molar-refractivity contribution is 0.0915. The maximum absolute atomic E-state index is 12.9. The standard InChI is InChI=1S/C22H27ClN2O5S2/c1-16(8-9-17-6-4-3-5-7-17)25-32(29,30)18-10-11-20(23)19(14-18)21(26)24-22(2)12-13-31(27,28)15-22/h3-7,10-11,14,16,25H,8-9,12-13,15H2,1-2H3,(H,24,26)/t16-,22+/m1/s1. The van der Waals surface area contributed by atoms with Gasteiger partial charge in [0.1, 0.15) is 0 Å². The molecule has 0 saturated carbocycles. The zero-order chi connectivity index (χ0) is 23.6. The predicted molar refractivity (Wildman–Crippen MR) is 125 cm³/mol. The fraction of sp³-hybridized carbons (Fsp3) is 0.409. The third-order valence-corrected chi connectivity index (χ3v) is 9.30. The van der Waals surface area contributed by atoms with Gasteiger partial charge in [-0.1, -0.05) is 41.9 Å². The Morgan fingerprint density at radius 2 is 1.88 bits per heavy atom. The van der Waals surface area contributed by atoms with Gasteiger partial charge < -0.3 is 5.32 Å². The van der Waals surface area contributed by atoms with Gasteiger partial charge in [-0.05, 0) is 56.9 Å². The van der Waals surface area contributed by atoms with Crippen LogP contribution in [0, 0.1) is 0 Å². The molecular weight excluding hydrogens is 472 g/mol. The molecule has 174 valence electrons. The summed E-state index contributed by atoms with van der Waals surface area (Å²) in [4.78, 5) is 12.7. The molecule has 1 saturated heterocycles. The molecule has 32 heavy (non-hydrogen) atoms. The van der Waals surface area contributed by atoms with Crippen molar-refractivity contribution in [1.82, 2.24) is 10.0 Å². The predicted octanol–water partition coefficient (Wildman–Crippen LogP) is 2.95. The van der Waals surface area contributed by atoms with Crippen LogP contribution in [0.5, 0.6) is 0 Å². The van der Waals surface area contributed by atoms with E-state index in [1.807, 2.05) is 30.3 Å². The number of sulfone groups is 1. The Bertz CT molecular complexity index is 1200. The highest BCUT2D eigenvalue weighted by atomic mass is 35.5. The molecular formula is C22H27ClN2O5S2. The first-order chi connectivity index (χ1) is 14.9. The highest BCUT2D eigenvalue weighted by molar-refractivity contribution is 7.91. The van der Waals surface area contributed by atoms with Gasteiger partial charge >= 0.3 is 0 Å². The van der Waals surface area contributed by atoms with E-state index in [1.165, 1.54) is 18.2 Å². The summed E-state index contributed by atoms with van der Waals surface area (Å²) < 4.78 is 52.0. The van der Waals surface area contributed by atoms with Crippen molar-refractivity contribution < 1.29 is 21.6 Å². The van der Waals surface area contributed by atoms with Crippen LogP contribution < -0.4 is 10.0 Å². The summed E-state index contributed by atoms with van der Waals surface area (Å²) in [5, 5.41) is 2.79. The molecule has 0 spiro atoms. The smallest absolute Gasteiger partial charge is 0.253 e. The summed E-state index contributed by atoms with van der Waals surface area (Å²) >= 11 is 6.16. The lowest BCUT2D eigenvalue weighted by Crippen LogP contribution is -2.47. The molecule has 3 rings (SSSR count). The number of aryl methyl sites for hydroxylation is 1. The van der Waals surface area contributed by atoms with Crippen LogP contribution in [0.15, 0.2) is 53.4 Å². The number of benzene rings is 2. The number of sulfonamides is 1. The van der Waals surface area contributed by atoms with E-state index in [0.29, 0.717) is 6.42 Å². The highest BCUT2D eigenvalue weighted by Gasteiger charge is 2.39. The molecule has 2 N–H and O–H groups in total. The Kier molecular flexibility index (Phi) is 7.34. The largest absolute Gasteiger partial charge is 0.346 e. The number of rotatable bonds is 8. The first-order valence-electron chi connectivity index (χ1n) is 10.3. The fourth-order valence-corrected chi connectivity index (χ4v) is 7.32. The SMILES string of the molecule is C[C@H](CCc1ccccc1)NS(=O)(=O)c1ccc(Cl)c(C(=O)N[C@@]2(C)CCS(=O)(=O)C2)c1. The Hall–Kier alpha value is -1.94. The third kappa shape index (κ3) is 6.31. The summed E-state index contributed by atoms with van der Waals surface area (Å²) in [5.74, 6) is -0.776. The lowest BCUT2D eigenvalue weighted by atomic mass is 10.0. The summed E-state index contributed by atoms with van der Waals surface area (Å²) in [6, 6.07) is 13.4. The number of halogens is 1. The molecule has 0 unspecified atom stereocenters. The van der Waals surface area contributed by atoms with Gasteiger partial charge in [0.15, 0.2) is 9.84 Å². The van der Waals surface area contributed by atoms with E-state index in [2.05, 4.69) is 10.0 Å². The Balaban J connectivity index is 1.71. The second kappa shape index (κ2) is 9.51. The molecule has 0 aliphatic carbocycles. The Morgan fingerprint density at radius 1 is 1.19 bits per heavy atom. The molecule has 0 bridgehead atoms. The van der Waals surface area contributed by atoms with Gasteiger partial charge in [-0.3, -0.25) is 4.79 Å². The minimum Gasteiger partial charge on any atom is -0.346 e. The van der Waals surface area contributed by atoms with Crippen molar-refractivity contribution in [2.45, 2.75) is 49.6 Å². The maximum Gasteiger partial charge on any atom is 0.253 e. The number of carbonyl (C=O) groups excluding carboxylic acids is 1. The zero-order valence-corrected chi connectivity index (χ0v) is 20.4. The maximum atomic E-state index is 12.9. The Labute approximate surface area is 194 Å². The van der Waals surface area contributed by atoms with E-state index in [4.69, 9.17) is 11.6 Å². The van der Waals surface area contributed by atoms with Gasteiger partial charge in [-0.15, -0.1) is 0 Å². The second-order valence-corrected chi connectivity index (χ2v) is 12.9. The van der Waals surface area contributed by atoms with E-state index in [9.17, 15) is 21.6 Å². The van der Waals surface area contributed by atoms with Crippen molar-refractivity contribution in [2.75, 3.05) is 11.5 Å². The number of hydrogen-bond acceptors (Lipinski definition) is 5. The van der Waals surface area contributed by atoms with Crippen LogP contribution in [-0.4, -0.2) is 45.8 Å². The topological polar surface area (TPSA) is 109 Å². The van der Waals surface area contributed by atoms with Crippen molar-refractivity contribution in [3.05, 3.63) is 64.7 Å². The summed E-state index contributed by atoms with van der Waals surface area (Å²) in [7, 11) is -7.10. The number of amides is 1. The van der Waals surface area contributed by atoms with E-state index in [0.717, 1.165) is 12.0 Å². The Morgan fingerprint density at radius 3 is 2.50 bits per heavy atom. The molecule has 1 fully saturated rings.